The fourth-order valence-electron chi connectivity index (χ4n) is 2.81. The molecule has 0 spiro atoms. The van der Waals surface area contributed by atoms with Crippen LogP contribution in [-0.2, 0) is 6.42 Å². The van der Waals surface area contributed by atoms with Crippen molar-refractivity contribution < 1.29 is 9.50 Å². The Morgan fingerprint density at radius 2 is 2.15 bits per heavy atom. The molecule has 2 aromatic rings. The summed E-state index contributed by atoms with van der Waals surface area (Å²) in [4.78, 5) is 13.9. The molecule has 1 fully saturated rings. The highest BCUT2D eigenvalue weighted by molar-refractivity contribution is 5.90. The maximum Gasteiger partial charge on any atom is 0.143 e. The largest absolute Gasteiger partial charge is 0.393 e. The number of piperidine rings is 1. The number of aliphatic hydroxyl groups excluding tert-OH is 1. The maximum atomic E-state index is 14.1. The van der Waals surface area contributed by atoms with Crippen LogP contribution < -0.4 is 4.90 Å². The number of alkyl halides is 1. The molecule has 1 aliphatic heterocycles. The van der Waals surface area contributed by atoms with Gasteiger partial charge in [0.05, 0.1) is 12.0 Å². The van der Waals surface area contributed by atoms with Crippen molar-refractivity contribution in [1.29, 1.82) is 0 Å². The molecule has 0 atom stereocenters. The van der Waals surface area contributed by atoms with Gasteiger partial charge in [0.15, 0.2) is 0 Å². The lowest BCUT2D eigenvalue weighted by Crippen LogP contribution is -2.44. The monoisotopic (exact) mass is 278 g/mol. The summed E-state index contributed by atoms with van der Waals surface area (Å²) in [6, 6.07) is 0. The van der Waals surface area contributed by atoms with Crippen LogP contribution in [-0.4, -0.2) is 45.4 Å². The van der Waals surface area contributed by atoms with E-state index in [2.05, 4.69) is 26.8 Å². The van der Waals surface area contributed by atoms with Crippen molar-refractivity contribution in [3.63, 3.8) is 0 Å². The number of nitrogens with one attached hydrogen (secondary N) is 1. The van der Waals surface area contributed by atoms with Gasteiger partial charge >= 0.3 is 0 Å². The number of rotatable bonds is 3. The van der Waals surface area contributed by atoms with Crippen LogP contribution in [0.2, 0.25) is 0 Å². The van der Waals surface area contributed by atoms with Crippen molar-refractivity contribution in [1.82, 2.24) is 15.0 Å². The van der Waals surface area contributed by atoms with Gasteiger partial charge in [-0.2, -0.15) is 0 Å². The van der Waals surface area contributed by atoms with E-state index in [0.717, 1.165) is 23.3 Å². The molecule has 108 valence electrons. The third kappa shape index (κ3) is 2.14. The predicted octanol–water partition coefficient (Wildman–Crippen LogP) is 1.82. The van der Waals surface area contributed by atoms with Gasteiger partial charge in [0.2, 0.25) is 0 Å². The molecule has 3 rings (SSSR count). The standard InChI is InChI=1S/C14H19FN4O/c1-2-10-7-16-12-11(10)13(18-9-17-12)19-5-3-14(15,8-20)4-6-19/h7,9,20H,2-6,8H2,1H3,(H,16,17,18). The number of H-pyrrole nitrogens is 1. The van der Waals surface area contributed by atoms with Gasteiger partial charge < -0.3 is 15.0 Å². The first kappa shape index (κ1) is 13.3. The Labute approximate surface area is 116 Å². The summed E-state index contributed by atoms with van der Waals surface area (Å²) in [5.41, 5.74) is 0.565. The Balaban J connectivity index is 1.93. The maximum absolute atomic E-state index is 14.1. The van der Waals surface area contributed by atoms with E-state index in [4.69, 9.17) is 5.11 Å². The van der Waals surface area contributed by atoms with Crippen molar-refractivity contribution in [2.75, 3.05) is 24.6 Å². The Kier molecular flexibility index (Phi) is 3.33. The van der Waals surface area contributed by atoms with Gasteiger partial charge in [-0.3, -0.25) is 0 Å². The number of hydrogen-bond donors (Lipinski definition) is 2. The average molecular weight is 278 g/mol. The van der Waals surface area contributed by atoms with Gasteiger partial charge in [-0.1, -0.05) is 6.92 Å². The zero-order chi connectivity index (χ0) is 14.2. The van der Waals surface area contributed by atoms with Crippen LogP contribution in [0.1, 0.15) is 25.3 Å². The van der Waals surface area contributed by atoms with Gasteiger partial charge in [-0.05, 0) is 12.0 Å². The molecule has 6 heteroatoms. The van der Waals surface area contributed by atoms with Crippen molar-refractivity contribution in [3.05, 3.63) is 18.1 Å². The van der Waals surface area contributed by atoms with E-state index >= 15 is 0 Å². The lowest BCUT2D eigenvalue weighted by atomic mass is 9.94. The highest BCUT2D eigenvalue weighted by Crippen LogP contribution is 2.32. The molecular weight excluding hydrogens is 259 g/mol. The van der Waals surface area contributed by atoms with E-state index < -0.39 is 12.3 Å². The Morgan fingerprint density at radius 3 is 2.80 bits per heavy atom. The Hall–Kier alpha value is -1.69. The third-order valence-electron chi connectivity index (χ3n) is 4.15. The Bertz CT molecular complexity index is 604. The second-order valence-corrected chi connectivity index (χ2v) is 5.38. The fourth-order valence-corrected chi connectivity index (χ4v) is 2.81. The molecule has 1 aliphatic rings. The van der Waals surface area contributed by atoms with Crippen LogP contribution >= 0.6 is 0 Å². The van der Waals surface area contributed by atoms with Gasteiger partial charge in [0.1, 0.15) is 23.5 Å². The molecule has 3 heterocycles. The minimum Gasteiger partial charge on any atom is -0.393 e. The summed E-state index contributed by atoms with van der Waals surface area (Å²) >= 11 is 0. The quantitative estimate of drug-likeness (QED) is 0.899. The number of aryl methyl sites for hydroxylation is 1. The molecular formula is C14H19FN4O. The van der Waals surface area contributed by atoms with Crippen molar-refractivity contribution in [3.8, 4) is 0 Å². The molecule has 0 aliphatic carbocycles. The number of aromatic amines is 1. The third-order valence-corrected chi connectivity index (χ3v) is 4.15. The van der Waals surface area contributed by atoms with Crippen molar-refractivity contribution in [2.24, 2.45) is 0 Å². The SMILES string of the molecule is CCc1c[nH]c2ncnc(N3CCC(F)(CO)CC3)c12. The highest BCUT2D eigenvalue weighted by Gasteiger charge is 2.34. The van der Waals surface area contributed by atoms with Gasteiger partial charge in [0, 0.05) is 32.1 Å². The normalized spacial score (nSPS) is 18.6. The van der Waals surface area contributed by atoms with Gasteiger partial charge in [-0.15, -0.1) is 0 Å². The number of halogens is 1. The van der Waals surface area contributed by atoms with Gasteiger partial charge in [-0.25, -0.2) is 14.4 Å². The molecule has 2 aromatic heterocycles. The van der Waals surface area contributed by atoms with Crippen molar-refractivity contribution in [2.45, 2.75) is 31.9 Å². The number of nitrogens with zero attached hydrogens (tertiary/aromatic N) is 3. The van der Waals surface area contributed by atoms with E-state index in [1.54, 1.807) is 0 Å². The number of aromatic nitrogens is 3. The van der Waals surface area contributed by atoms with Crippen LogP contribution in [0.3, 0.4) is 0 Å². The number of anilines is 1. The minimum absolute atomic E-state index is 0.334. The van der Waals surface area contributed by atoms with E-state index in [1.165, 1.54) is 11.9 Å². The molecule has 5 nitrogen and oxygen atoms in total. The lowest BCUT2D eigenvalue weighted by Gasteiger charge is -2.36. The van der Waals surface area contributed by atoms with Crippen LogP contribution in [0.5, 0.6) is 0 Å². The molecule has 0 saturated carbocycles. The highest BCUT2D eigenvalue weighted by atomic mass is 19.1. The molecule has 0 amide bonds. The summed E-state index contributed by atoms with van der Waals surface area (Å²) in [5.74, 6) is 0.869. The first-order valence-corrected chi connectivity index (χ1v) is 7.02. The van der Waals surface area contributed by atoms with E-state index in [-0.39, 0.29) is 0 Å². The second-order valence-electron chi connectivity index (χ2n) is 5.38. The van der Waals surface area contributed by atoms with Crippen LogP contribution in [0, 0.1) is 0 Å². The molecule has 0 bridgehead atoms. The first-order valence-electron chi connectivity index (χ1n) is 7.02. The van der Waals surface area contributed by atoms with Crippen molar-refractivity contribution >= 4 is 16.9 Å². The summed E-state index contributed by atoms with van der Waals surface area (Å²) in [7, 11) is 0. The van der Waals surface area contributed by atoms with E-state index in [9.17, 15) is 4.39 Å². The molecule has 1 saturated heterocycles. The zero-order valence-corrected chi connectivity index (χ0v) is 11.6. The Morgan fingerprint density at radius 1 is 1.40 bits per heavy atom. The smallest absolute Gasteiger partial charge is 0.143 e. The van der Waals surface area contributed by atoms with Crippen LogP contribution in [0.4, 0.5) is 10.2 Å². The molecule has 0 unspecified atom stereocenters. The molecule has 20 heavy (non-hydrogen) atoms. The van der Waals surface area contributed by atoms with E-state index in [1.807, 2.05) is 6.20 Å². The topological polar surface area (TPSA) is 65.0 Å². The molecule has 0 radical (unpaired) electrons. The number of aliphatic hydroxyl groups is 1. The average Bonchev–Trinajstić information content (AvgIpc) is 2.91. The predicted molar refractivity (Wildman–Crippen MR) is 75.6 cm³/mol. The first-order chi connectivity index (χ1) is 9.67. The van der Waals surface area contributed by atoms with Crippen LogP contribution in [0.25, 0.3) is 11.0 Å². The minimum atomic E-state index is -1.44. The zero-order valence-electron chi connectivity index (χ0n) is 11.6. The summed E-state index contributed by atoms with van der Waals surface area (Å²) in [6.45, 7) is 2.83. The number of fused-ring (bicyclic) bond motifs is 1. The summed E-state index contributed by atoms with van der Waals surface area (Å²) in [6.07, 6.45) is 5.07. The fraction of sp³-hybridized carbons (Fsp3) is 0.571. The number of hydrogen-bond acceptors (Lipinski definition) is 4. The summed E-state index contributed by atoms with van der Waals surface area (Å²) in [5, 5.41) is 10.1. The lowest BCUT2D eigenvalue weighted by molar-refractivity contribution is 0.0480. The molecule has 0 aromatic carbocycles. The van der Waals surface area contributed by atoms with Gasteiger partial charge in [0.25, 0.3) is 0 Å². The molecule has 2 N–H and O–H groups in total. The summed E-state index contributed by atoms with van der Waals surface area (Å²) < 4.78 is 14.1. The second kappa shape index (κ2) is 5.01. The van der Waals surface area contributed by atoms with Crippen LogP contribution in [0.15, 0.2) is 12.5 Å². The van der Waals surface area contributed by atoms with E-state index in [0.29, 0.717) is 25.9 Å².